The molecule has 1 rings (SSSR count). The van der Waals surface area contributed by atoms with Crippen LogP contribution in [0.1, 0.15) is 34.6 Å². The van der Waals surface area contributed by atoms with Gasteiger partial charge < -0.3 is 5.11 Å². The summed E-state index contributed by atoms with van der Waals surface area (Å²) < 4.78 is 0. The van der Waals surface area contributed by atoms with Gasteiger partial charge in [0.15, 0.2) is 0 Å². The van der Waals surface area contributed by atoms with Crippen LogP contribution in [-0.2, 0) is 4.79 Å². The Kier molecular flexibility index (Phi) is 1.78. The monoisotopic (exact) mass is 170 g/mol. The summed E-state index contributed by atoms with van der Waals surface area (Å²) in [4.78, 5) is 10.8. The first-order valence-electron chi connectivity index (χ1n) is 4.45. The maximum absolute atomic E-state index is 10.8. The molecule has 0 radical (unpaired) electrons. The van der Waals surface area contributed by atoms with Crippen molar-refractivity contribution in [3.8, 4) is 0 Å². The van der Waals surface area contributed by atoms with Gasteiger partial charge in [-0.05, 0) is 16.7 Å². The normalized spacial score (nSPS) is 28.1. The maximum Gasteiger partial charge on any atom is 0.306 e. The summed E-state index contributed by atoms with van der Waals surface area (Å²) in [5.41, 5.74) is 0.371. The zero-order valence-electron chi connectivity index (χ0n) is 8.51. The molecule has 2 nitrogen and oxygen atoms in total. The Morgan fingerprint density at radius 3 is 1.67 bits per heavy atom. The van der Waals surface area contributed by atoms with Crippen molar-refractivity contribution in [1.82, 2.24) is 0 Å². The second-order valence-corrected chi connectivity index (χ2v) is 5.05. The molecule has 1 saturated carbocycles. The summed E-state index contributed by atoms with van der Waals surface area (Å²) >= 11 is 0. The third-order valence-corrected chi connectivity index (χ3v) is 4.02. The molecule has 0 unspecified atom stereocenters. The summed E-state index contributed by atoms with van der Waals surface area (Å²) in [5.74, 6) is -0.559. The number of carboxylic acids is 1. The van der Waals surface area contributed by atoms with Crippen LogP contribution in [0.25, 0.3) is 0 Å². The number of rotatable bonds is 2. The predicted octanol–water partition coefficient (Wildman–Crippen LogP) is 2.39. The first-order valence-corrected chi connectivity index (χ1v) is 4.45. The van der Waals surface area contributed by atoms with E-state index in [-0.39, 0.29) is 16.7 Å². The Hall–Kier alpha value is -0.530. The van der Waals surface area contributed by atoms with Gasteiger partial charge in [-0.2, -0.15) is 0 Å². The lowest BCUT2D eigenvalue weighted by Crippen LogP contribution is -2.15. The topological polar surface area (TPSA) is 37.3 Å². The first-order chi connectivity index (χ1) is 5.23. The van der Waals surface area contributed by atoms with Crippen LogP contribution >= 0.6 is 0 Å². The van der Waals surface area contributed by atoms with Crippen molar-refractivity contribution in [3.63, 3.8) is 0 Å². The van der Waals surface area contributed by atoms with E-state index in [9.17, 15) is 4.79 Å². The molecule has 1 atom stereocenters. The van der Waals surface area contributed by atoms with Crippen molar-refractivity contribution in [2.24, 2.45) is 22.7 Å². The van der Waals surface area contributed by atoms with Crippen LogP contribution in [0.2, 0.25) is 0 Å². The van der Waals surface area contributed by atoms with E-state index in [4.69, 9.17) is 5.11 Å². The van der Waals surface area contributed by atoms with Gasteiger partial charge in [0, 0.05) is 0 Å². The second kappa shape index (κ2) is 2.24. The van der Waals surface area contributed by atoms with Crippen molar-refractivity contribution in [3.05, 3.63) is 0 Å². The Balaban J connectivity index is 2.77. The van der Waals surface area contributed by atoms with Crippen LogP contribution in [0.3, 0.4) is 0 Å². The average Bonchev–Trinajstić information content (AvgIpc) is 2.23. The smallest absolute Gasteiger partial charge is 0.306 e. The van der Waals surface area contributed by atoms with Crippen molar-refractivity contribution in [2.45, 2.75) is 34.6 Å². The molecule has 1 fully saturated rings. The van der Waals surface area contributed by atoms with Crippen LogP contribution in [0.4, 0.5) is 0 Å². The van der Waals surface area contributed by atoms with Gasteiger partial charge in [-0.3, -0.25) is 4.79 Å². The highest BCUT2D eigenvalue weighted by Crippen LogP contribution is 2.71. The zero-order valence-corrected chi connectivity index (χ0v) is 8.51. The van der Waals surface area contributed by atoms with Crippen molar-refractivity contribution < 1.29 is 9.90 Å². The average molecular weight is 170 g/mol. The van der Waals surface area contributed by atoms with E-state index in [1.165, 1.54) is 0 Å². The molecular formula is C10H18O2. The van der Waals surface area contributed by atoms with E-state index in [0.29, 0.717) is 5.92 Å². The minimum Gasteiger partial charge on any atom is -0.481 e. The van der Waals surface area contributed by atoms with E-state index < -0.39 is 5.97 Å². The van der Waals surface area contributed by atoms with E-state index in [1.54, 1.807) is 0 Å². The summed E-state index contributed by atoms with van der Waals surface area (Å²) in [5, 5.41) is 8.86. The van der Waals surface area contributed by atoms with Crippen molar-refractivity contribution in [1.29, 1.82) is 0 Å². The lowest BCUT2D eigenvalue weighted by molar-refractivity contribution is -0.142. The van der Waals surface area contributed by atoms with E-state index in [0.717, 1.165) is 0 Å². The van der Waals surface area contributed by atoms with Crippen LogP contribution in [0, 0.1) is 22.7 Å². The van der Waals surface area contributed by atoms with Crippen molar-refractivity contribution in [2.75, 3.05) is 0 Å². The van der Waals surface area contributed by atoms with Crippen LogP contribution in [0.5, 0.6) is 0 Å². The lowest BCUT2D eigenvalue weighted by Gasteiger charge is -2.06. The highest BCUT2D eigenvalue weighted by Gasteiger charge is 2.67. The molecule has 0 aromatic carbocycles. The van der Waals surface area contributed by atoms with Gasteiger partial charge in [0.2, 0.25) is 0 Å². The van der Waals surface area contributed by atoms with Gasteiger partial charge in [-0.25, -0.2) is 0 Å². The fourth-order valence-electron chi connectivity index (χ4n) is 2.64. The molecule has 1 aliphatic rings. The molecule has 12 heavy (non-hydrogen) atoms. The van der Waals surface area contributed by atoms with Gasteiger partial charge in [-0.1, -0.05) is 34.6 Å². The Morgan fingerprint density at radius 2 is 1.58 bits per heavy atom. The number of carboxylic acid groups (broad SMARTS) is 1. The summed E-state index contributed by atoms with van der Waals surface area (Å²) in [6, 6.07) is 0. The van der Waals surface area contributed by atoms with Gasteiger partial charge in [-0.15, -0.1) is 0 Å². The van der Waals surface area contributed by atoms with E-state index >= 15 is 0 Å². The van der Waals surface area contributed by atoms with E-state index in [2.05, 4.69) is 27.7 Å². The largest absolute Gasteiger partial charge is 0.481 e. The maximum atomic E-state index is 10.8. The van der Waals surface area contributed by atoms with Crippen LogP contribution in [0.15, 0.2) is 0 Å². The van der Waals surface area contributed by atoms with Crippen molar-refractivity contribution >= 4 is 5.97 Å². The fraction of sp³-hybridized carbons (Fsp3) is 0.900. The minimum absolute atomic E-state index is 0.185. The molecule has 1 aliphatic carbocycles. The third kappa shape index (κ3) is 0.970. The molecule has 2 heteroatoms. The van der Waals surface area contributed by atoms with Crippen LogP contribution < -0.4 is 0 Å². The molecule has 70 valence electrons. The molecule has 1 N–H and O–H groups in total. The summed E-state index contributed by atoms with van der Waals surface area (Å²) in [6.07, 6.45) is 0. The summed E-state index contributed by atoms with van der Waals surface area (Å²) in [7, 11) is 0. The number of hydrogen-bond donors (Lipinski definition) is 1. The molecule has 0 heterocycles. The minimum atomic E-state index is -0.668. The molecule has 0 saturated heterocycles. The van der Waals surface area contributed by atoms with Gasteiger partial charge in [0.05, 0.1) is 5.92 Å². The standard InChI is InChI=1S/C10H18O2/c1-6(8(11)12)7-9(2,3)10(7,4)5/h6-7H,1-5H3,(H,11,12)/t6-/m0/s1. The molecule has 0 spiro atoms. The lowest BCUT2D eigenvalue weighted by atomic mass is 9.99. The molecule has 0 aromatic rings. The van der Waals surface area contributed by atoms with Gasteiger partial charge in [0.25, 0.3) is 0 Å². The third-order valence-electron chi connectivity index (χ3n) is 4.02. The molecular weight excluding hydrogens is 152 g/mol. The zero-order chi connectivity index (χ0) is 9.73. The second-order valence-electron chi connectivity index (χ2n) is 5.05. The number of carbonyl (C=O) groups is 1. The van der Waals surface area contributed by atoms with Gasteiger partial charge in [0.1, 0.15) is 0 Å². The Labute approximate surface area is 74.0 Å². The highest BCUT2D eigenvalue weighted by atomic mass is 16.4. The highest BCUT2D eigenvalue weighted by molar-refractivity contribution is 5.71. The molecule has 0 bridgehead atoms. The van der Waals surface area contributed by atoms with E-state index in [1.807, 2.05) is 6.92 Å². The predicted molar refractivity (Wildman–Crippen MR) is 47.9 cm³/mol. The molecule has 0 aliphatic heterocycles. The SMILES string of the molecule is C[C@H](C(=O)O)C1C(C)(C)C1(C)C. The Bertz CT molecular complexity index is 202. The first kappa shape index (κ1) is 9.56. The van der Waals surface area contributed by atoms with Gasteiger partial charge >= 0.3 is 5.97 Å². The quantitative estimate of drug-likeness (QED) is 0.691. The number of aliphatic carboxylic acids is 1. The summed E-state index contributed by atoms with van der Waals surface area (Å²) in [6.45, 7) is 10.4. The molecule has 0 aromatic heterocycles. The van der Waals surface area contributed by atoms with Crippen LogP contribution in [-0.4, -0.2) is 11.1 Å². The number of hydrogen-bond acceptors (Lipinski definition) is 1. The Morgan fingerprint density at radius 1 is 1.25 bits per heavy atom. The molecule has 0 amide bonds. The fourth-order valence-corrected chi connectivity index (χ4v) is 2.64.